The molecule has 5 rings (SSSR count). The van der Waals surface area contributed by atoms with E-state index in [0.717, 1.165) is 46.4 Å². The van der Waals surface area contributed by atoms with Crippen LogP contribution in [0.25, 0.3) is 17.6 Å². The Morgan fingerprint density at radius 2 is 2.09 bits per heavy atom. The maximum absolute atomic E-state index is 8.84. The second kappa shape index (κ2) is 9.24. The van der Waals surface area contributed by atoms with Crippen LogP contribution in [0.15, 0.2) is 42.5 Å². The van der Waals surface area contributed by atoms with Gasteiger partial charge in [0.25, 0.3) is 0 Å². The van der Waals surface area contributed by atoms with Crippen LogP contribution in [0.5, 0.6) is 5.75 Å². The van der Waals surface area contributed by atoms with Crippen LogP contribution in [0.1, 0.15) is 29.0 Å². The van der Waals surface area contributed by atoms with Crippen molar-refractivity contribution in [2.45, 2.75) is 39.3 Å². The fourth-order valence-corrected chi connectivity index (χ4v) is 5.36. The highest BCUT2D eigenvalue weighted by Crippen LogP contribution is 2.28. The van der Waals surface area contributed by atoms with Crippen molar-refractivity contribution in [3.63, 3.8) is 0 Å². The highest BCUT2D eigenvalue weighted by atomic mass is 35.5. The van der Waals surface area contributed by atoms with Crippen molar-refractivity contribution in [3.05, 3.63) is 79.7 Å². The number of aromatic nitrogens is 3. The summed E-state index contributed by atoms with van der Waals surface area (Å²) in [4.78, 5) is 7.63. The van der Waals surface area contributed by atoms with Gasteiger partial charge in [-0.1, -0.05) is 47.7 Å². The third kappa shape index (κ3) is 4.33. The molecule has 0 amide bonds. The second-order valence-corrected chi connectivity index (χ2v) is 10.0. The van der Waals surface area contributed by atoms with E-state index in [9.17, 15) is 0 Å². The molecule has 0 bridgehead atoms. The normalized spacial score (nSPS) is 16.5. The van der Waals surface area contributed by atoms with Crippen LogP contribution in [-0.4, -0.2) is 27.2 Å². The minimum Gasteiger partial charge on any atom is -0.486 e. The first-order valence-electron chi connectivity index (χ1n) is 11.3. The minimum absolute atomic E-state index is 0.147. The Hall–Kier alpha value is -3.16. The molecule has 1 aliphatic heterocycles. The van der Waals surface area contributed by atoms with E-state index in [1.165, 1.54) is 16.9 Å². The average molecular weight is 492 g/mol. The molecule has 6 nitrogen and oxygen atoms in total. The Labute approximate surface area is 206 Å². The average Bonchev–Trinajstić information content (AvgIpc) is 3.44. The molecule has 1 atom stereocenters. The van der Waals surface area contributed by atoms with Gasteiger partial charge in [0.15, 0.2) is 10.5 Å². The molecule has 0 spiro atoms. The molecule has 1 saturated heterocycles. The van der Waals surface area contributed by atoms with E-state index in [0.29, 0.717) is 27.6 Å². The van der Waals surface area contributed by atoms with Crippen LogP contribution in [0.3, 0.4) is 0 Å². The monoisotopic (exact) mass is 491 g/mol. The molecular formula is C26H26ClN5OS. The van der Waals surface area contributed by atoms with Crippen molar-refractivity contribution in [2.24, 2.45) is 0 Å². The first-order chi connectivity index (χ1) is 16.4. The van der Waals surface area contributed by atoms with Gasteiger partial charge in [0, 0.05) is 28.5 Å². The number of rotatable bonds is 5. The number of nitrogens with one attached hydrogen (secondary N) is 1. The smallest absolute Gasteiger partial charge is 0.214 e. The summed E-state index contributed by atoms with van der Waals surface area (Å²) in [6.07, 6.45) is 4.18. The number of fused-ring (bicyclic) bond motifs is 1. The summed E-state index contributed by atoms with van der Waals surface area (Å²) in [7, 11) is 0. The Balaban J connectivity index is 1.47. The maximum Gasteiger partial charge on any atom is 0.214 e. The van der Waals surface area contributed by atoms with Crippen molar-refractivity contribution in [3.8, 4) is 5.75 Å². The van der Waals surface area contributed by atoms with Crippen LogP contribution in [0.2, 0.25) is 5.02 Å². The first-order valence-corrected chi connectivity index (χ1v) is 12.5. The number of halogens is 1. The lowest BCUT2D eigenvalue weighted by atomic mass is 10.1. The van der Waals surface area contributed by atoms with E-state index in [-0.39, 0.29) is 6.04 Å². The zero-order valence-corrected chi connectivity index (χ0v) is 20.8. The lowest BCUT2D eigenvalue weighted by molar-refractivity contribution is 0.301. The van der Waals surface area contributed by atoms with Crippen LogP contribution in [0.4, 0.5) is 5.69 Å². The molecule has 4 aromatic rings. The van der Waals surface area contributed by atoms with Crippen molar-refractivity contribution < 1.29 is 4.74 Å². The summed E-state index contributed by atoms with van der Waals surface area (Å²) >= 11 is 7.64. The molecule has 1 fully saturated rings. The standard InChI is InChI=1S/C26H26ClN5OS/c1-16-7-4-11-23(17(16)2)33-15-24-30-32-25(28)22(18(3)29-26(32)34-24)14-21-10-6-12-31(21)20-9-5-8-19(27)13-20/h4-5,7-9,11,13-14,21,28H,3,6,10,12,15H2,1-2H3. The Morgan fingerprint density at radius 1 is 1.26 bits per heavy atom. The molecule has 34 heavy (non-hydrogen) atoms. The predicted octanol–water partition coefficient (Wildman–Crippen LogP) is 3.98. The molecule has 8 heteroatoms. The quantitative estimate of drug-likeness (QED) is 0.458. The van der Waals surface area contributed by atoms with Crippen LogP contribution >= 0.6 is 22.9 Å². The van der Waals surface area contributed by atoms with Gasteiger partial charge >= 0.3 is 0 Å². The number of ether oxygens (including phenoxy) is 1. The molecule has 0 radical (unpaired) electrons. The Kier molecular flexibility index (Phi) is 6.15. The molecule has 174 valence electrons. The summed E-state index contributed by atoms with van der Waals surface area (Å²) in [5.74, 6) is 0.845. The number of anilines is 1. The number of hydrogen-bond donors (Lipinski definition) is 1. The molecule has 1 aliphatic rings. The minimum atomic E-state index is 0.147. The highest BCUT2D eigenvalue weighted by Gasteiger charge is 2.23. The number of benzene rings is 2. The summed E-state index contributed by atoms with van der Waals surface area (Å²) in [6.45, 7) is 9.53. The Bertz CT molecular complexity index is 1540. The van der Waals surface area contributed by atoms with Gasteiger partial charge in [0.2, 0.25) is 4.96 Å². The molecule has 2 aromatic carbocycles. The van der Waals surface area contributed by atoms with Gasteiger partial charge in [-0.25, -0.2) is 4.98 Å². The summed E-state index contributed by atoms with van der Waals surface area (Å²) in [5.41, 5.74) is 3.69. The summed E-state index contributed by atoms with van der Waals surface area (Å²) < 4.78 is 7.61. The third-order valence-corrected chi connectivity index (χ3v) is 7.43. The molecule has 1 N–H and O–H groups in total. The van der Waals surface area contributed by atoms with Crippen LogP contribution in [-0.2, 0) is 6.61 Å². The maximum atomic E-state index is 8.84. The van der Waals surface area contributed by atoms with Gasteiger partial charge in [0.1, 0.15) is 12.4 Å². The van der Waals surface area contributed by atoms with Crippen molar-refractivity contribution >= 4 is 46.2 Å². The van der Waals surface area contributed by atoms with Gasteiger partial charge in [-0.2, -0.15) is 9.61 Å². The van der Waals surface area contributed by atoms with Crippen molar-refractivity contribution in [1.29, 1.82) is 5.41 Å². The second-order valence-electron chi connectivity index (χ2n) is 8.55. The van der Waals surface area contributed by atoms with Gasteiger partial charge < -0.3 is 9.64 Å². The van der Waals surface area contributed by atoms with Crippen molar-refractivity contribution in [1.82, 2.24) is 14.6 Å². The lowest BCUT2D eigenvalue weighted by Crippen LogP contribution is -2.46. The van der Waals surface area contributed by atoms with Crippen molar-refractivity contribution in [2.75, 3.05) is 11.4 Å². The van der Waals surface area contributed by atoms with Gasteiger partial charge in [-0.3, -0.25) is 5.41 Å². The highest BCUT2D eigenvalue weighted by molar-refractivity contribution is 7.16. The van der Waals surface area contributed by atoms with Gasteiger partial charge in [0.05, 0.1) is 5.35 Å². The van der Waals surface area contributed by atoms with E-state index in [1.54, 1.807) is 4.52 Å². The zero-order valence-electron chi connectivity index (χ0n) is 19.2. The zero-order chi connectivity index (χ0) is 23.8. The first kappa shape index (κ1) is 22.6. The van der Waals surface area contributed by atoms with Gasteiger partial charge in [-0.15, -0.1) is 0 Å². The van der Waals surface area contributed by atoms with Crippen LogP contribution in [0, 0.1) is 19.3 Å². The molecule has 0 saturated carbocycles. The number of aryl methyl sites for hydroxylation is 1. The van der Waals surface area contributed by atoms with Gasteiger partial charge in [-0.05, 0) is 68.2 Å². The summed E-state index contributed by atoms with van der Waals surface area (Å²) in [5, 5.41) is 16.3. The molecular weight excluding hydrogens is 466 g/mol. The fourth-order valence-electron chi connectivity index (χ4n) is 4.35. The topological polar surface area (TPSA) is 66.5 Å². The van der Waals surface area contributed by atoms with E-state index in [4.69, 9.17) is 21.7 Å². The lowest BCUT2D eigenvalue weighted by Gasteiger charge is -2.24. The van der Waals surface area contributed by atoms with E-state index in [2.05, 4.69) is 46.7 Å². The number of hydrogen-bond acceptors (Lipinski definition) is 6. The fraction of sp³-hybridized carbons (Fsp3) is 0.269. The Morgan fingerprint density at radius 3 is 2.91 bits per heavy atom. The van der Waals surface area contributed by atoms with E-state index >= 15 is 0 Å². The molecule has 2 aromatic heterocycles. The SMILES string of the molecule is C=c1nc2sc(COc3cccc(C)c3C)nn2c(=N)c1=CC1CCCN1c1cccc(Cl)c1. The third-order valence-electron chi connectivity index (χ3n) is 6.31. The summed E-state index contributed by atoms with van der Waals surface area (Å²) in [6, 6.07) is 14.1. The largest absolute Gasteiger partial charge is 0.486 e. The van der Waals surface area contributed by atoms with E-state index in [1.807, 2.05) is 37.3 Å². The number of nitrogens with zero attached hydrogens (tertiary/aromatic N) is 4. The molecule has 3 heterocycles. The van der Waals surface area contributed by atoms with E-state index < -0.39 is 0 Å². The molecule has 0 aliphatic carbocycles. The predicted molar refractivity (Wildman–Crippen MR) is 138 cm³/mol. The van der Waals surface area contributed by atoms with Crippen LogP contribution < -0.4 is 25.7 Å². The molecule has 1 unspecified atom stereocenters.